The van der Waals surface area contributed by atoms with Crippen LogP contribution < -0.4 is 0 Å². The van der Waals surface area contributed by atoms with Gasteiger partial charge in [0.25, 0.3) is 0 Å². The van der Waals surface area contributed by atoms with Crippen LogP contribution in [0.3, 0.4) is 0 Å². The monoisotopic (exact) mass is 841 g/mol. The topological polar surface area (TPSA) is 65.0 Å². The first-order valence-corrected chi connectivity index (χ1v) is 22.2. The molecule has 3 aromatic heterocycles. The lowest BCUT2D eigenvalue weighted by atomic mass is 9.95. The average Bonchev–Trinajstić information content (AvgIpc) is 3.99. The van der Waals surface area contributed by atoms with Crippen LogP contribution in [0.2, 0.25) is 0 Å². The van der Waals surface area contributed by atoms with Gasteiger partial charge in [0.05, 0.1) is 11.1 Å². The minimum Gasteiger partial charge on any atom is -0.455 e. The normalized spacial score (nSPS) is 11.9. The van der Waals surface area contributed by atoms with Gasteiger partial charge in [0, 0.05) is 27.1 Å². The second-order valence-corrected chi connectivity index (χ2v) is 17.1. The van der Waals surface area contributed by atoms with Gasteiger partial charge >= 0.3 is 0 Å². The minimum absolute atomic E-state index is 0.503. The molecule has 0 fully saturated rings. The van der Waals surface area contributed by atoms with E-state index in [0.29, 0.717) is 17.5 Å². The Morgan fingerprint density at radius 2 is 0.621 bits per heavy atom. The molecule has 0 aliphatic carbocycles. The SMILES string of the molecule is c1ccc(-c2cc(-c3ccccc3)cc(-c3nc(-c4cc5ccccc5c5c4oc4ccc6ccccc6c45)nc(-c4cc5ccccc5c5c4oc4ccc6ccccc6c45)n3)c2)cc1. The van der Waals surface area contributed by atoms with Crippen molar-refractivity contribution in [3.8, 4) is 56.4 Å². The fraction of sp³-hybridized carbons (Fsp3) is 0. The fourth-order valence-electron chi connectivity index (χ4n) is 10.2. The molecule has 66 heavy (non-hydrogen) atoms. The van der Waals surface area contributed by atoms with E-state index < -0.39 is 0 Å². The fourth-order valence-corrected chi connectivity index (χ4v) is 10.2. The van der Waals surface area contributed by atoms with Crippen LogP contribution in [0, 0.1) is 0 Å². The first-order valence-electron chi connectivity index (χ1n) is 22.2. The molecule has 0 aliphatic heterocycles. The summed E-state index contributed by atoms with van der Waals surface area (Å²) in [5.41, 5.74) is 9.82. The average molecular weight is 842 g/mol. The first kappa shape index (κ1) is 36.5. The summed E-state index contributed by atoms with van der Waals surface area (Å²) in [5, 5.41) is 13.1. The van der Waals surface area contributed by atoms with Crippen molar-refractivity contribution >= 4 is 87.0 Å². The highest BCUT2D eigenvalue weighted by Gasteiger charge is 2.25. The van der Waals surface area contributed by atoms with Crippen molar-refractivity contribution < 1.29 is 8.83 Å². The van der Waals surface area contributed by atoms with Crippen molar-refractivity contribution in [1.29, 1.82) is 0 Å². The summed E-state index contributed by atoms with van der Waals surface area (Å²) in [6, 6.07) is 74.4. The van der Waals surface area contributed by atoms with Crippen molar-refractivity contribution in [1.82, 2.24) is 15.0 Å². The molecule has 0 N–H and O–H groups in total. The van der Waals surface area contributed by atoms with Crippen LogP contribution in [0.15, 0.2) is 221 Å². The van der Waals surface area contributed by atoms with E-state index in [0.717, 1.165) is 126 Å². The Morgan fingerprint density at radius 1 is 0.258 bits per heavy atom. The van der Waals surface area contributed by atoms with Crippen LogP contribution in [-0.2, 0) is 0 Å². The van der Waals surface area contributed by atoms with E-state index in [1.807, 2.05) is 12.1 Å². The zero-order chi connectivity index (χ0) is 43.3. The van der Waals surface area contributed by atoms with E-state index in [4.69, 9.17) is 23.8 Å². The maximum Gasteiger partial charge on any atom is 0.167 e. The lowest BCUT2D eigenvalue weighted by Gasteiger charge is -2.13. The van der Waals surface area contributed by atoms with E-state index in [9.17, 15) is 0 Å². The van der Waals surface area contributed by atoms with Crippen LogP contribution in [0.4, 0.5) is 0 Å². The van der Waals surface area contributed by atoms with E-state index in [1.165, 1.54) is 0 Å². The number of benzene rings is 11. The summed E-state index contributed by atoms with van der Waals surface area (Å²) < 4.78 is 14.0. The molecule has 0 radical (unpaired) electrons. The summed E-state index contributed by atoms with van der Waals surface area (Å²) in [6.07, 6.45) is 0. The predicted octanol–water partition coefficient (Wildman–Crippen LogP) is 16.6. The van der Waals surface area contributed by atoms with Crippen molar-refractivity contribution in [2.24, 2.45) is 0 Å². The van der Waals surface area contributed by atoms with Crippen LogP contribution in [-0.4, -0.2) is 15.0 Å². The second kappa shape index (κ2) is 14.3. The van der Waals surface area contributed by atoms with Gasteiger partial charge in [0.1, 0.15) is 22.3 Å². The number of fused-ring (bicyclic) bond motifs is 14. The van der Waals surface area contributed by atoms with Gasteiger partial charge in [0.15, 0.2) is 17.5 Å². The van der Waals surface area contributed by atoms with Gasteiger partial charge in [-0.05, 0) is 108 Å². The predicted molar refractivity (Wildman–Crippen MR) is 272 cm³/mol. The number of rotatable bonds is 5. The Bertz CT molecular complexity index is 4020. The Labute approximate surface area is 377 Å². The summed E-state index contributed by atoms with van der Waals surface area (Å²) in [5.74, 6) is 1.54. The summed E-state index contributed by atoms with van der Waals surface area (Å²) >= 11 is 0. The first-order chi connectivity index (χ1) is 32.7. The molecule has 5 heteroatoms. The van der Waals surface area contributed by atoms with E-state index in [1.54, 1.807) is 0 Å². The molecule has 0 bridgehead atoms. The molecule has 11 aromatic carbocycles. The molecule has 14 rings (SSSR count). The second-order valence-electron chi connectivity index (χ2n) is 17.1. The molecule has 0 amide bonds. The molecule has 14 aromatic rings. The van der Waals surface area contributed by atoms with Crippen LogP contribution in [0.1, 0.15) is 0 Å². The molecule has 0 atom stereocenters. The third-order valence-electron chi connectivity index (χ3n) is 13.2. The van der Waals surface area contributed by atoms with Crippen LogP contribution in [0.5, 0.6) is 0 Å². The highest BCUT2D eigenvalue weighted by molar-refractivity contribution is 6.30. The van der Waals surface area contributed by atoms with Crippen molar-refractivity contribution in [2.45, 2.75) is 0 Å². The van der Waals surface area contributed by atoms with Gasteiger partial charge in [-0.3, -0.25) is 0 Å². The number of aromatic nitrogens is 3. The minimum atomic E-state index is 0.503. The molecule has 306 valence electrons. The van der Waals surface area contributed by atoms with Crippen molar-refractivity contribution in [3.05, 3.63) is 212 Å². The van der Waals surface area contributed by atoms with E-state index in [2.05, 4.69) is 200 Å². The molecule has 0 saturated heterocycles. The summed E-state index contributed by atoms with van der Waals surface area (Å²) in [7, 11) is 0. The molecule has 0 aliphatic rings. The van der Waals surface area contributed by atoms with Crippen molar-refractivity contribution in [2.75, 3.05) is 0 Å². The highest BCUT2D eigenvalue weighted by atomic mass is 16.3. The van der Waals surface area contributed by atoms with Crippen LogP contribution >= 0.6 is 0 Å². The van der Waals surface area contributed by atoms with Gasteiger partial charge in [-0.25, -0.2) is 15.0 Å². The zero-order valence-electron chi connectivity index (χ0n) is 35.4. The summed E-state index contributed by atoms with van der Waals surface area (Å²) in [4.78, 5) is 16.4. The number of furan rings is 2. The smallest absolute Gasteiger partial charge is 0.167 e. The molecular formula is C61H35N3O2. The molecule has 5 nitrogen and oxygen atoms in total. The van der Waals surface area contributed by atoms with Crippen molar-refractivity contribution in [3.63, 3.8) is 0 Å². The lowest BCUT2D eigenvalue weighted by molar-refractivity contribution is 0.670. The maximum absolute atomic E-state index is 6.99. The number of nitrogens with zero attached hydrogens (tertiary/aromatic N) is 3. The summed E-state index contributed by atoms with van der Waals surface area (Å²) in [6.45, 7) is 0. The Kier molecular flexibility index (Phi) is 7.91. The molecular weight excluding hydrogens is 807 g/mol. The Balaban J connectivity index is 1.12. The van der Waals surface area contributed by atoms with E-state index >= 15 is 0 Å². The molecule has 0 unspecified atom stereocenters. The zero-order valence-corrected chi connectivity index (χ0v) is 35.4. The largest absolute Gasteiger partial charge is 0.455 e. The standard InChI is InChI=1S/C61H35N3O2/c1-3-15-36(16-4-1)42-31-43(37-17-5-2-6-18-37)33-44(32-42)59-62-60(49-34-40-21-9-13-25-47(40)55-53-45-23-11-7-19-38(45)27-29-51(53)65-57(49)55)64-61(63-59)50-35-41-22-10-14-26-48(41)56-54-46-24-12-8-20-39(46)28-30-52(54)66-58(50)56/h1-35H. The van der Waals surface area contributed by atoms with Gasteiger partial charge in [-0.15, -0.1) is 0 Å². The van der Waals surface area contributed by atoms with Gasteiger partial charge in [0.2, 0.25) is 0 Å². The highest BCUT2D eigenvalue weighted by Crippen LogP contribution is 2.46. The Morgan fingerprint density at radius 3 is 1.08 bits per heavy atom. The quantitative estimate of drug-likeness (QED) is 0.173. The third-order valence-corrected chi connectivity index (χ3v) is 13.2. The third kappa shape index (κ3) is 5.63. The molecule has 0 spiro atoms. The number of hydrogen-bond acceptors (Lipinski definition) is 5. The van der Waals surface area contributed by atoms with Gasteiger partial charge in [-0.1, -0.05) is 170 Å². The molecule has 0 saturated carbocycles. The Hall–Kier alpha value is -8.93. The van der Waals surface area contributed by atoms with Gasteiger partial charge < -0.3 is 8.83 Å². The van der Waals surface area contributed by atoms with Crippen LogP contribution in [0.25, 0.3) is 143 Å². The molecule has 3 heterocycles. The van der Waals surface area contributed by atoms with E-state index in [-0.39, 0.29) is 0 Å². The number of hydrogen-bond donors (Lipinski definition) is 0. The lowest BCUT2D eigenvalue weighted by Crippen LogP contribution is -2.01. The van der Waals surface area contributed by atoms with Gasteiger partial charge in [-0.2, -0.15) is 0 Å². The maximum atomic E-state index is 6.99.